The summed E-state index contributed by atoms with van der Waals surface area (Å²) in [6.45, 7) is 1.53. The smallest absolute Gasteiger partial charge is 0.394 e. The Labute approximate surface area is 239 Å². The number of hydrogen-bond acceptors (Lipinski definition) is 6. The molecule has 1 spiro atoms. The number of carbonyl (C=O) groups excluding carboxylic acids is 2. The fourth-order valence-electron chi connectivity index (χ4n) is 5.51. The van der Waals surface area contributed by atoms with Crippen molar-refractivity contribution in [1.82, 2.24) is 9.62 Å². The highest BCUT2D eigenvalue weighted by atomic mass is 32.2. The molecule has 0 bridgehead atoms. The van der Waals surface area contributed by atoms with E-state index in [2.05, 4.69) is 10.3 Å². The Morgan fingerprint density at radius 1 is 1.14 bits per heavy atom. The number of nitrogens with one attached hydrogen (secondary N) is 1. The molecule has 14 heteroatoms. The van der Waals surface area contributed by atoms with Gasteiger partial charge in [0.2, 0.25) is 15.9 Å². The van der Waals surface area contributed by atoms with Crippen molar-refractivity contribution in [3.05, 3.63) is 69.9 Å². The van der Waals surface area contributed by atoms with Crippen molar-refractivity contribution < 1.29 is 40.7 Å². The first-order chi connectivity index (χ1) is 19.7. The number of sulfonamides is 1. The number of anilines is 1. The van der Waals surface area contributed by atoms with Crippen molar-refractivity contribution in [2.24, 2.45) is 4.99 Å². The lowest BCUT2D eigenvalue weighted by molar-refractivity contribution is -0.140. The molecule has 224 valence electrons. The minimum absolute atomic E-state index is 0.00629. The Morgan fingerprint density at radius 2 is 1.86 bits per heavy atom. The topological polar surface area (TPSA) is 119 Å². The lowest BCUT2D eigenvalue weighted by atomic mass is 9.89. The molecule has 2 aromatic rings. The number of aliphatic hydroxyl groups is 1. The Hall–Kier alpha value is -3.62. The first-order valence-corrected chi connectivity index (χ1v) is 14.7. The first-order valence-electron chi connectivity index (χ1n) is 13.2. The lowest BCUT2D eigenvalue weighted by Gasteiger charge is -2.34. The standard InChI is InChI=1S/C28H28F4N4O5S/c1-17-14-20(36-21(16-37)5-7-24(36)38)4-2-18(17)8-13-42(40,41)35-11-9-27(10-12-35)26(39)33-25(34-27)19-3-6-23(29)22(15-19)28(30,31)32/h2-4,6,8,13-15,21,37H,5,7,9-12,16H2,1H3,(H,33,34,39)/t21-/m1/s1. The second kappa shape index (κ2) is 10.9. The second-order valence-corrected chi connectivity index (χ2v) is 12.4. The molecular weight excluding hydrogens is 580 g/mol. The van der Waals surface area contributed by atoms with Gasteiger partial charge in [0, 0.05) is 36.2 Å². The van der Waals surface area contributed by atoms with Crippen LogP contribution >= 0.6 is 0 Å². The SMILES string of the molecule is Cc1cc(N2C(=O)CC[C@@H]2CO)ccc1C=CS(=O)(=O)N1CCC2(CC1)N=C(c1ccc(F)c(C(F)(F)F)c1)NC2=O. The van der Waals surface area contributed by atoms with Gasteiger partial charge >= 0.3 is 6.18 Å². The van der Waals surface area contributed by atoms with E-state index in [0.29, 0.717) is 36.2 Å². The molecule has 3 aliphatic heterocycles. The van der Waals surface area contributed by atoms with E-state index in [0.717, 1.165) is 17.0 Å². The summed E-state index contributed by atoms with van der Waals surface area (Å²) in [7, 11) is -3.89. The largest absolute Gasteiger partial charge is 0.419 e. The molecule has 3 aliphatic rings. The molecule has 1 atom stereocenters. The van der Waals surface area contributed by atoms with Crippen LogP contribution in [0.5, 0.6) is 0 Å². The number of piperidine rings is 1. The van der Waals surface area contributed by atoms with Crippen LogP contribution in [0, 0.1) is 12.7 Å². The highest BCUT2D eigenvalue weighted by molar-refractivity contribution is 7.92. The van der Waals surface area contributed by atoms with Gasteiger partial charge in [0.1, 0.15) is 17.2 Å². The van der Waals surface area contributed by atoms with Crippen LogP contribution in [-0.2, 0) is 25.8 Å². The third-order valence-corrected chi connectivity index (χ3v) is 9.49. The third-order valence-electron chi connectivity index (χ3n) is 7.92. The molecule has 0 aromatic heterocycles. The van der Waals surface area contributed by atoms with E-state index in [1.165, 1.54) is 10.4 Å². The molecule has 0 unspecified atom stereocenters. The molecule has 0 saturated carbocycles. The summed E-state index contributed by atoms with van der Waals surface area (Å²) in [6, 6.07) is 7.19. The van der Waals surface area contributed by atoms with Crippen molar-refractivity contribution in [2.45, 2.75) is 50.4 Å². The van der Waals surface area contributed by atoms with Gasteiger partial charge in [-0.05, 0) is 73.7 Å². The molecule has 2 N–H and O–H groups in total. The van der Waals surface area contributed by atoms with Crippen molar-refractivity contribution >= 4 is 39.4 Å². The van der Waals surface area contributed by atoms with Crippen LogP contribution in [0.3, 0.4) is 0 Å². The second-order valence-electron chi connectivity index (χ2n) is 10.6. The van der Waals surface area contributed by atoms with E-state index in [-0.39, 0.29) is 55.9 Å². The van der Waals surface area contributed by atoms with Crippen LogP contribution in [0.15, 0.2) is 46.8 Å². The summed E-state index contributed by atoms with van der Waals surface area (Å²) in [4.78, 5) is 31.0. The Kier molecular flexibility index (Phi) is 7.75. The van der Waals surface area contributed by atoms with Crippen LogP contribution in [0.1, 0.15) is 47.9 Å². The molecule has 42 heavy (non-hydrogen) atoms. The van der Waals surface area contributed by atoms with E-state index < -0.39 is 39.0 Å². The number of rotatable bonds is 6. The zero-order valence-corrected chi connectivity index (χ0v) is 23.3. The van der Waals surface area contributed by atoms with Crippen LogP contribution in [0.2, 0.25) is 0 Å². The number of aryl methyl sites for hydroxylation is 1. The molecule has 5 rings (SSSR count). The van der Waals surface area contributed by atoms with E-state index in [4.69, 9.17) is 0 Å². The van der Waals surface area contributed by atoms with Gasteiger partial charge in [-0.15, -0.1) is 0 Å². The Balaban J connectivity index is 1.28. The molecule has 2 fully saturated rings. The van der Waals surface area contributed by atoms with Gasteiger partial charge < -0.3 is 15.3 Å². The minimum atomic E-state index is -4.93. The fourth-order valence-corrected chi connectivity index (χ4v) is 6.69. The predicted octanol–water partition coefficient (Wildman–Crippen LogP) is 3.35. The summed E-state index contributed by atoms with van der Waals surface area (Å²) in [6.07, 6.45) is -2.56. The lowest BCUT2D eigenvalue weighted by Crippen LogP contribution is -2.50. The maximum absolute atomic E-state index is 13.7. The maximum Gasteiger partial charge on any atom is 0.419 e. The number of alkyl halides is 3. The van der Waals surface area contributed by atoms with Crippen molar-refractivity contribution in [2.75, 3.05) is 24.6 Å². The monoisotopic (exact) mass is 608 g/mol. The number of amides is 2. The van der Waals surface area contributed by atoms with Crippen molar-refractivity contribution in [1.29, 1.82) is 0 Å². The molecule has 0 aliphatic carbocycles. The summed E-state index contributed by atoms with van der Waals surface area (Å²) in [5.74, 6) is -2.21. The van der Waals surface area contributed by atoms with Gasteiger partial charge in [-0.1, -0.05) is 6.07 Å². The van der Waals surface area contributed by atoms with Crippen LogP contribution in [0.4, 0.5) is 23.2 Å². The molecule has 2 saturated heterocycles. The van der Waals surface area contributed by atoms with E-state index in [1.54, 1.807) is 30.0 Å². The quantitative estimate of drug-likeness (QED) is 0.488. The number of hydrogen-bond donors (Lipinski definition) is 2. The van der Waals surface area contributed by atoms with Gasteiger partial charge in [-0.25, -0.2) is 12.8 Å². The average molecular weight is 609 g/mol. The van der Waals surface area contributed by atoms with Crippen molar-refractivity contribution in [3.63, 3.8) is 0 Å². The van der Waals surface area contributed by atoms with Gasteiger partial charge in [-0.2, -0.15) is 17.5 Å². The summed E-state index contributed by atoms with van der Waals surface area (Å²) < 4.78 is 80.5. The third kappa shape index (κ3) is 5.57. The zero-order chi connectivity index (χ0) is 30.4. The van der Waals surface area contributed by atoms with Crippen LogP contribution < -0.4 is 10.2 Å². The Bertz CT molecular complexity index is 1600. The number of amidine groups is 1. The highest BCUT2D eigenvalue weighted by Gasteiger charge is 2.47. The van der Waals surface area contributed by atoms with Gasteiger partial charge in [0.05, 0.1) is 18.2 Å². The summed E-state index contributed by atoms with van der Waals surface area (Å²) in [5.41, 5.74) is -0.954. The number of benzene rings is 2. The van der Waals surface area contributed by atoms with Gasteiger partial charge in [-0.3, -0.25) is 14.6 Å². The zero-order valence-electron chi connectivity index (χ0n) is 22.5. The number of halogens is 4. The van der Waals surface area contributed by atoms with Crippen LogP contribution in [0.25, 0.3) is 6.08 Å². The minimum Gasteiger partial charge on any atom is -0.394 e. The molecule has 0 radical (unpaired) electrons. The highest BCUT2D eigenvalue weighted by Crippen LogP contribution is 2.35. The average Bonchev–Trinajstić information content (AvgIpc) is 3.46. The number of nitrogens with zero attached hydrogens (tertiary/aromatic N) is 3. The molecule has 9 nitrogen and oxygen atoms in total. The normalized spacial score (nSPS) is 21.4. The Morgan fingerprint density at radius 3 is 2.50 bits per heavy atom. The fraction of sp³-hybridized carbons (Fsp3) is 0.393. The predicted molar refractivity (Wildman–Crippen MR) is 146 cm³/mol. The number of aliphatic imine (C=N–C) groups is 1. The summed E-state index contributed by atoms with van der Waals surface area (Å²) in [5, 5.41) is 13.1. The van der Waals surface area contributed by atoms with E-state index in [9.17, 15) is 40.7 Å². The van der Waals surface area contributed by atoms with Gasteiger partial charge in [0.15, 0.2) is 0 Å². The van der Waals surface area contributed by atoms with E-state index >= 15 is 0 Å². The number of aliphatic hydroxyl groups excluding tert-OH is 1. The molecular formula is C28H28F4N4O5S. The molecule has 3 heterocycles. The van der Waals surface area contributed by atoms with Crippen molar-refractivity contribution in [3.8, 4) is 0 Å². The van der Waals surface area contributed by atoms with E-state index in [1.807, 2.05) is 0 Å². The number of carbonyl (C=O) groups is 2. The van der Waals surface area contributed by atoms with Gasteiger partial charge in [0.25, 0.3) is 5.91 Å². The maximum atomic E-state index is 13.7. The molecule has 2 aromatic carbocycles. The molecule has 2 amide bonds. The van der Waals surface area contributed by atoms with Crippen LogP contribution in [-0.4, -0.2) is 66.8 Å². The summed E-state index contributed by atoms with van der Waals surface area (Å²) >= 11 is 0. The first kappa shape index (κ1) is 29.9.